The molecule has 0 saturated carbocycles. The molecule has 2 aromatic carbocycles. The van der Waals surface area contributed by atoms with Crippen LogP contribution in [0.1, 0.15) is 24.0 Å². The highest BCUT2D eigenvalue weighted by Crippen LogP contribution is 2.38. The molecule has 1 atom stereocenters. The van der Waals surface area contributed by atoms with E-state index in [-0.39, 0.29) is 11.5 Å². The summed E-state index contributed by atoms with van der Waals surface area (Å²) in [7, 11) is 0. The first-order valence-electron chi connectivity index (χ1n) is 8.01. The van der Waals surface area contributed by atoms with Crippen LogP contribution in [0.4, 0.5) is 0 Å². The Balaban J connectivity index is 1.86. The van der Waals surface area contributed by atoms with E-state index in [0.717, 1.165) is 32.2 Å². The van der Waals surface area contributed by atoms with Crippen molar-refractivity contribution in [1.82, 2.24) is 5.32 Å². The molecule has 2 heteroatoms. The van der Waals surface area contributed by atoms with Crippen molar-refractivity contribution in [2.24, 2.45) is 5.41 Å². The molecule has 1 N–H and O–H groups in total. The van der Waals surface area contributed by atoms with Gasteiger partial charge in [-0.2, -0.15) is 5.26 Å². The lowest BCUT2D eigenvalue weighted by Gasteiger charge is -2.40. The van der Waals surface area contributed by atoms with Crippen LogP contribution in [0.3, 0.4) is 0 Å². The van der Waals surface area contributed by atoms with E-state index in [9.17, 15) is 5.26 Å². The lowest BCUT2D eigenvalue weighted by molar-refractivity contribution is 0.178. The fourth-order valence-corrected chi connectivity index (χ4v) is 3.65. The van der Waals surface area contributed by atoms with Crippen LogP contribution >= 0.6 is 0 Å². The molecule has 1 saturated heterocycles. The third kappa shape index (κ3) is 3.55. The Bertz CT molecular complexity index is 586. The SMILES string of the molecule is N#CC1CC(Cc2ccccc2)(Cc2ccccc2)CCN1. The third-order valence-corrected chi connectivity index (χ3v) is 4.68. The molecule has 0 bridgehead atoms. The highest BCUT2D eigenvalue weighted by molar-refractivity contribution is 5.22. The second kappa shape index (κ2) is 6.77. The molecule has 1 aliphatic rings. The monoisotopic (exact) mass is 290 g/mol. The van der Waals surface area contributed by atoms with Gasteiger partial charge in [0.25, 0.3) is 0 Å². The van der Waals surface area contributed by atoms with Gasteiger partial charge in [-0.1, -0.05) is 60.7 Å². The van der Waals surface area contributed by atoms with Gasteiger partial charge in [0.05, 0.1) is 12.1 Å². The second-order valence-corrected chi connectivity index (χ2v) is 6.41. The summed E-state index contributed by atoms with van der Waals surface area (Å²) in [5.74, 6) is 0. The summed E-state index contributed by atoms with van der Waals surface area (Å²) < 4.78 is 0. The molecule has 2 aromatic rings. The van der Waals surface area contributed by atoms with Crippen LogP contribution in [0.2, 0.25) is 0 Å². The van der Waals surface area contributed by atoms with Gasteiger partial charge >= 0.3 is 0 Å². The van der Waals surface area contributed by atoms with Gasteiger partial charge in [0.2, 0.25) is 0 Å². The van der Waals surface area contributed by atoms with Gasteiger partial charge in [-0.15, -0.1) is 0 Å². The first-order chi connectivity index (χ1) is 10.8. The molecule has 2 nitrogen and oxygen atoms in total. The lowest BCUT2D eigenvalue weighted by atomic mass is 9.68. The van der Waals surface area contributed by atoms with Crippen molar-refractivity contribution in [3.05, 3.63) is 71.8 Å². The van der Waals surface area contributed by atoms with Crippen molar-refractivity contribution in [2.75, 3.05) is 6.54 Å². The number of piperidine rings is 1. The largest absolute Gasteiger partial charge is 0.302 e. The molecular weight excluding hydrogens is 268 g/mol. The molecule has 0 radical (unpaired) electrons. The maximum absolute atomic E-state index is 9.34. The second-order valence-electron chi connectivity index (χ2n) is 6.41. The Morgan fingerprint density at radius 2 is 1.50 bits per heavy atom. The molecule has 22 heavy (non-hydrogen) atoms. The molecule has 112 valence electrons. The Kier molecular flexibility index (Phi) is 4.56. The predicted octanol–water partition coefficient (Wildman–Crippen LogP) is 3.73. The van der Waals surface area contributed by atoms with Gasteiger partial charge in [0.15, 0.2) is 0 Å². The van der Waals surface area contributed by atoms with Crippen LogP contribution < -0.4 is 5.32 Å². The standard InChI is InChI=1S/C20H22N2/c21-16-19-15-20(11-12-22-19,13-17-7-3-1-4-8-17)14-18-9-5-2-6-10-18/h1-10,19,22H,11-15H2. The number of rotatable bonds is 4. The summed E-state index contributed by atoms with van der Waals surface area (Å²) in [6.45, 7) is 0.928. The van der Waals surface area contributed by atoms with Crippen LogP contribution in [0.5, 0.6) is 0 Å². The van der Waals surface area contributed by atoms with Crippen molar-refractivity contribution in [3.8, 4) is 6.07 Å². The molecule has 0 aromatic heterocycles. The van der Waals surface area contributed by atoms with Crippen molar-refractivity contribution < 1.29 is 0 Å². The fourth-order valence-electron chi connectivity index (χ4n) is 3.65. The Hall–Kier alpha value is -2.11. The molecule has 0 spiro atoms. The number of hydrogen-bond donors (Lipinski definition) is 1. The van der Waals surface area contributed by atoms with Gasteiger partial charge in [0, 0.05) is 0 Å². The highest BCUT2D eigenvalue weighted by atomic mass is 14.9. The highest BCUT2D eigenvalue weighted by Gasteiger charge is 2.36. The summed E-state index contributed by atoms with van der Waals surface area (Å²) in [5.41, 5.74) is 2.92. The Labute approximate surface area is 132 Å². The van der Waals surface area contributed by atoms with Crippen molar-refractivity contribution in [1.29, 1.82) is 5.26 Å². The quantitative estimate of drug-likeness (QED) is 0.931. The molecule has 3 rings (SSSR count). The third-order valence-electron chi connectivity index (χ3n) is 4.68. The average molecular weight is 290 g/mol. The molecule has 1 unspecified atom stereocenters. The molecule has 1 heterocycles. The van der Waals surface area contributed by atoms with E-state index >= 15 is 0 Å². The Morgan fingerprint density at radius 1 is 0.955 bits per heavy atom. The van der Waals surface area contributed by atoms with Crippen LogP contribution in [0.25, 0.3) is 0 Å². The van der Waals surface area contributed by atoms with E-state index in [2.05, 4.69) is 72.0 Å². The van der Waals surface area contributed by atoms with E-state index in [1.165, 1.54) is 11.1 Å². The number of nitrogens with one attached hydrogen (secondary N) is 1. The number of benzene rings is 2. The average Bonchev–Trinajstić information content (AvgIpc) is 2.56. The zero-order valence-electron chi connectivity index (χ0n) is 12.8. The minimum Gasteiger partial charge on any atom is -0.302 e. The van der Waals surface area contributed by atoms with E-state index in [0.29, 0.717) is 0 Å². The summed E-state index contributed by atoms with van der Waals surface area (Å²) in [6, 6.07) is 23.8. The minimum absolute atomic E-state index is 0.0267. The number of hydrogen-bond acceptors (Lipinski definition) is 2. The molecular formula is C20H22N2. The van der Waals surface area contributed by atoms with Gasteiger partial charge in [0.1, 0.15) is 0 Å². The number of nitriles is 1. The zero-order chi connectivity index (χ0) is 15.3. The Morgan fingerprint density at radius 3 is 2.00 bits per heavy atom. The smallest absolute Gasteiger partial charge is 0.0958 e. The first kappa shape index (κ1) is 14.8. The van der Waals surface area contributed by atoms with Crippen LogP contribution in [-0.4, -0.2) is 12.6 Å². The zero-order valence-corrected chi connectivity index (χ0v) is 12.8. The van der Waals surface area contributed by atoms with E-state index < -0.39 is 0 Å². The van der Waals surface area contributed by atoms with Crippen LogP contribution in [0, 0.1) is 16.7 Å². The van der Waals surface area contributed by atoms with Crippen LogP contribution in [0.15, 0.2) is 60.7 Å². The fraction of sp³-hybridized carbons (Fsp3) is 0.350. The van der Waals surface area contributed by atoms with Gasteiger partial charge in [-0.3, -0.25) is 0 Å². The summed E-state index contributed by atoms with van der Waals surface area (Å²) in [4.78, 5) is 0. The topological polar surface area (TPSA) is 35.8 Å². The normalized spacial score (nSPS) is 20.2. The predicted molar refractivity (Wildman–Crippen MR) is 89.4 cm³/mol. The van der Waals surface area contributed by atoms with E-state index in [1.54, 1.807) is 0 Å². The first-order valence-corrected chi connectivity index (χ1v) is 8.01. The van der Waals surface area contributed by atoms with E-state index in [4.69, 9.17) is 0 Å². The van der Waals surface area contributed by atoms with Crippen molar-refractivity contribution in [3.63, 3.8) is 0 Å². The summed E-state index contributed by atoms with van der Waals surface area (Å²) in [6.07, 6.45) is 4.13. The molecule has 1 aliphatic heterocycles. The van der Waals surface area contributed by atoms with Gasteiger partial charge in [-0.05, 0) is 48.8 Å². The summed E-state index contributed by atoms with van der Waals surface area (Å²) >= 11 is 0. The maximum atomic E-state index is 9.34. The molecule has 0 amide bonds. The minimum atomic E-state index is -0.0267. The van der Waals surface area contributed by atoms with Gasteiger partial charge in [-0.25, -0.2) is 0 Å². The van der Waals surface area contributed by atoms with Gasteiger partial charge < -0.3 is 5.32 Å². The maximum Gasteiger partial charge on any atom is 0.0958 e. The lowest BCUT2D eigenvalue weighted by Crippen LogP contribution is -2.45. The molecule has 1 fully saturated rings. The van der Waals surface area contributed by atoms with E-state index in [1.807, 2.05) is 0 Å². The van der Waals surface area contributed by atoms with Crippen molar-refractivity contribution >= 4 is 0 Å². The molecule has 0 aliphatic carbocycles. The number of nitrogens with zero attached hydrogens (tertiary/aromatic N) is 1. The van der Waals surface area contributed by atoms with Crippen LogP contribution in [-0.2, 0) is 12.8 Å². The summed E-state index contributed by atoms with van der Waals surface area (Å²) in [5, 5.41) is 12.7. The van der Waals surface area contributed by atoms with Crippen molar-refractivity contribution in [2.45, 2.75) is 31.7 Å².